The number of aromatic nitrogens is 2. The molecule has 4 rings (SSSR count). The van der Waals surface area contributed by atoms with E-state index in [0.717, 1.165) is 43.1 Å². The lowest BCUT2D eigenvalue weighted by molar-refractivity contribution is -0.0580. The molecule has 1 aromatic carbocycles. The Kier molecular flexibility index (Phi) is 6.26. The maximum Gasteiger partial charge on any atom is 0.289 e. The minimum atomic E-state index is -0.257. The van der Waals surface area contributed by atoms with Gasteiger partial charge in [0.1, 0.15) is 5.82 Å². The number of carbonyl (C=O) groups excluding carboxylic acids is 1. The molecule has 1 aromatic heterocycles. The largest absolute Gasteiger partial charge is 0.379 e. The molecule has 2 aliphatic rings. The molecule has 8 heteroatoms. The van der Waals surface area contributed by atoms with Crippen LogP contribution in [0.25, 0.3) is 0 Å². The van der Waals surface area contributed by atoms with Gasteiger partial charge in [0.15, 0.2) is 0 Å². The lowest BCUT2D eigenvalue weighted by atomic mass is 9.78. The van der Waals surface area contributed by atoms with Gasteiger partial charge in [0, 0.05) is 37.4 Å². The molecule has 2 saturated heterocycles. The molecule has 3 heterocycles. The summed E-state index contributed by atoms with van der Waals surface area (Å²) in [5.41, 5.74) is 9.08. The van der Waals surface area contributed by atoms with Crippen LogP contribution in [0.5, 0.6) is 0 Å². The van der Waals surface area contributed by atoms with Gasteiger partial charge in [0.2, 0.25) is 5.82 Å². The van der Waals surface area contributed by atoms with E-state index < -0.39 is 0 Å². The number of amides is 1. The van der Waals surface area contributed by atoms with Crippen molar-refractivity contribution >= 4 is 11.7 Å². The molecule has 0 radical (unpaired) electrons. The summed E-state index contributed by atoms with van der Waals surface area (Å²) < 4.78 is 5.47. The van der Waals surface area contributed by atoms with E-state index in [2.05, 4.69) is 43.6 Å². The van der Waals surface area contributed by atoms with Crippen molar-refractivity contribution in [3.63, 3.8) is 0 Å². The maximum absolute atomic E-state index is 12.8. The number of ether oxygens (including phenoxy) is 1. The Balaban J connectivity index is 1.40. The molecule has 8 nitrogen and oxygen atoms in total. The molecule has 0 saturated carbocycles. The van der Waals surface area contributed by atoms with Gasteiger partial charge >= 0.3 is 0 Å². The first kappa shape index (κ1) is 20.7. The van der Waals surface area contributed by atoms with E-state index in [1.165, 1.54) is 5.56 Å². The Morgan fingerprint density at radius 3 is 2.57 bits per heavy atom. The summed E-state index contributed by atoms with van der Waals surface area (Å²) in [6, 6.07) is 10.2. The molecule has 0 atom stereocenters. The van der Waals surface area contributed by atoms with Crippen LogP contribution in [0.2, 0.25) is 0 Å². The summed E-state index contributed by atoms with van der Waals surface area (Å²) in [6.07, 6.45) is 1.03. The van der Waals surface area contributed by atoms with Crippen LogP contribution in [0.3, 0.4) is 0 Å². The van der Waals surface area contributed by atoms with Crippen LogP contribution in [0.1, 0.15) is 33.9 Å². The fourth-order valence-electron chi connectivity index (χ4n) is 3.85. The highest BCUT2D eigenvalue weighted by atomic mass is 16.5. The summed E-state index contributed by atoms with van der Waals surface area (Å²) in [7, 11) is 0. The van der Waals surface area contributed by atoms with Gasteiger partial charge in [-0.25, -0.2) is 9.97 Å². The molecule has 160 valence electrons. The van der Waals surface area contributed by atoms with Crippen molar-refractivity contribution in [2.24, 2.45) is 5.92 Å². The number of hydrogen-bond acceptors (Lipinski definition) is 7. The molecule has 0 unspecified atom stereocenters. The van der Waals surface area contributed by atoms with E-state index in [0.29, 0.717) is 25.7 Å². The Morgan fingerprint density at radius 1 is 1.17 bits per heavy atom. The van der Waals surface area contributed by atoms with Crippen molar-refractivity contribution in [1.29, 1.82) is 0 Å². The van der Waals surface area contributed by atoms with Gasteiger partial charge in [-0.1, -0.05) is 30.3 Å². The molecule has 2 fully saturated rings. The summed E-state index contributed by atoms with van der Waals surface area (Å²) in [6.45, 7) is 8.35. The number of hydrogen-bond donors (Lipinski definition) is 4. The van der Waals surface area contributed by atoms with Crippen LogP contribution in [0, 0.1) is 19.8 Å². The third-order valence-electron chi connectivity index (χ3n) is 6.07. The number of carbonyl (C=O) groups is 1. The van der Waals surface area contributed by atoms with Gasteiger partial charge in [-0.2, -0.15) is 0 Å². The highest BCUT2D eigenvalue weighted by Gasteiger charge is 2.40. The topological polar surface area (TPSA) is 100 Å². The lowest BCUT2D eigenvalue weighted by Gasteiger charge is -2.42. The van der Waals surface area contributed by atoms with E-state index in [1.54, 1.807) is 0 Å². The van der Waals surface area contributed by atoms with Crippen LogP contribution >= 0.6 is 0 Å². The Morgan fingerprint density at radius 2 is 1.90 bits per heavy atom. The Hall–Kier alpha value is -2.55. The number of nitrogens with one attached hydrogen (secondary N) is 4. The third kappa shape index (κ3) is 4.45. The normalized spacial score (nSPS) is 18.1. The van der Waals surface area contributed by atoms with E-state index >= 15 is 0 Å². The van der Waals surface area contributed by atoms with Gasteiger partial charge < -0.3 is 15.4 Å². The zero-order valence-electron chi connectivity index (χ0n) is 17.6. The Labute approximate surface area is 177 Å². The number of nitrogens with zero attached hydrogens (tertiary/aromatic N) is 2. The predicted octanol–water partition coefficient (Wildman–Crippen LogP) is 1.32. The van der Waals surface area contributed by atoms with Crippen molar-refractivity contribution in [3.8, 4) is 0 Å². The van der Waals surface area contributed by atoms with Crippen molar-refractivity contribution in [3.05, 3.63) is 53.0 Å². The zero-order valence-corrected chi connectivity index (χ0v) is 17.6. The summed E-state index contributed by atoms with van der Waals surface area (Å²) in [5, 5.41) is 6.42. The summed E-state index contributed by atoms with van der Waals surface area (Å²) in [5.74, 6) is 1.28. The van der Waals surface area contributed by atoms with Gasteiger partial charge in [-0.3, -0.25) is 15.6 Å². The standard InChI is InChI=1S/C22H30N6O2/c1-15-16(2)27-20(28-19(15)23-9-8-17-10-25-26-11-17)21(29)24-12-22(13-30-14-22)18-6-4-3-5-7-18/h3-7,17,25-26H,8-14H2,1-2H3,(H,24,29)(H,23,27,28). The number of aryl methyl sites for hydroxylation is 1. The number of hydrazine groups is 1. The fourth-order valence-corrected chi connectivity index (χ4v) is 3.85. The maximum atomic E-state index is 12.8. The molecule has 2 aliphatic heterocycles. The van der Waals surface area contributed by atoms with Crippen LogP contribution in [0.4, 0.5) is 5.82 Å². The minimum Gasteiger partial charge on any atom is -0.379 e. The first-order valence-corrected chi connectivity index (χ1v) is 10.5. The Bertz CT molecular complexity index is 879. The predicted molar refractivity (Wildman–Crippen MR) is 115 cm³/mol. The molecule has 4 N–H and O–H groups in total. The van der Waals surface area contributed by atoms with E-state index in [-0.39, 0.29) is 17.1 Å². The first-order chi connectivity index (χ1) is 14.6. The molecule has 0 aliphatic carbocycles. The minimum absolute atomic E-state index is 0.179. The second-order valence-electron chi connectivity index (χ2n) is 8.27. The van der Waals surface area contributed by atoms with Crippen LogP contribution in [0.15, 0.2) is 30.3 Å². The van der Waals surface area contributed by atoms with Gasteiger partial charge in [0.05, 0.1) is 18.6 Å². The zero-order chi connectivity index (χ0) is 21.0. The third-order valence-corrected chi connectivity index (χ3v) is 6.07. The van der Waals surface area contributed by atoms with E-state index in [1.807, 2.05) is 32.0 Å². The number of benzene rings is 1. The van der Waals surface area contributed by atoms with Crippen molar-refractivity contribution in [2.45, 2.75) is 25.7 Å². The van der Waals surface area contributed by atoms with Crippen LogP contribution in [-0.2, 0) is 10.2 Å². The van der Waals surface area contributed by atoms with Crippen molar-refractivity contribution in [2.75, 3.05) is 44.7 Å². The highest BCUT2D eigenvalue weighted by Crippen LogP contribution is 2.31. The highest BCUT2D eigenvalue weighted by molar-refractivity contribution is 5.91. The average Bonchev–Trinajstić information content (AvgIpc) is 3.24. The van der Waals surface area contributed by atoms with E-state index in [9.17, 15) is 4.79 Å². The van der Waals surface area contributed by atoms with Gasteiger partial charge in [-0.15, -0.1) is 0 Å². The van der Waals surface area contributed by atoms with E-state index in [4.69, 9.17) is 4.74 Å². The molecular weight excluding hydrogens is 380 g/mol. The molecule has 2 aromatic rings. The lowest BCUT2D eigenvalue weighted by Crippen LogP contribution is -2.54. The first-order valence-electron chi connectivity index (χ1n) is 10.5. The number of anilines is 1. The summed E-state index contributed by atoms with van der Waals surface area (Å²) in [4.78, 5) is 21.8. The summed E-state index contributed by atoms with van der Waals surface area (Å²) >= 11 is 0. The monoisotopic (exact) mass is 410 g/mol. The SMILES string of the molecule is Cc1nc(C(=O)NCC2(c3ccccc3)COC2)nc(NCCC2CNNC2)c1C. The molecule has 30 heavy (non-hydrogen) atoms. The van der Waals surface area contributed by atoms with Crippen molar-refractivity contribution < 1.29 is 9.53 Å². The number of rotatable bonds is 8. The van der Waals surface area contributed by atoms with Gasteiger partial charge in [-0.05, 0) is 31.7 Å². The molecule has 1 amide bonds. The second kappa shape index (κ2) is 9.07. The average molecular weight is 411 g/mol. The second-order valence-corrected chi connectivity index (χ2v) is 8.27. The molecule has 0 bridgehead atoms. The van der Waals surface area contributed by atoms with Crippen LogP contribution in [-0.4, -0.2) is 55.3 Å². The fraction of sp³-hybridized carbons (Fsp3) is 0.500. The quantitative estimate of drug-likeness (QED) is 0.521. The smallest absolute Gasteiger partial charge is 0.289 e. The van der Waals surface area contributed by atoms with Crippen LogP contribution < -0.4 is 21.5 Å². The van der Waals surface area contributed by atoms with Gasteiger partial charge in [0.25, 0.3) is 5.91 Å². The van der Waals surface area contributed by atoms with Crippen molar-refractivity contribution in [1.82, 2.24) is 26.1 Å². The molecular formula is C22H30N6O2. The molecule has 0 spiro atoms.